The number of nitrogens with zero attached hydrogens (tertiary/aromatic N) is 1. The molecule has 0 saturated carbocycles. The van der Waals surface area contributed by atoms with Crippen LogP contribution in [0.2, 0.25) is 0 Å². The second kappa shape index (κ2) is 9.37. The molecule has 1 saturated heterocycles. The van der Waals surface area contributed by atoms with E-state index in [4.69, 9.17) is 17.0 Å². The number of esters is 1. The minimum atomic E-state index is -0.891. The first-order chi connectivity index (χ1) is 13.9. The smallest absolute Gasteiger partial charge is 0.333 e. The number of hydrogen-bond acceptors (Lipinski definition) is 5. The van der Waals surface area contributed by atoms with Gasteiger partial charge in [0.25, 0.3) is 5.91 Å². The van der Waals surface area contributed by atoms with Gasteiger partial charge in [-0.2, -0.15) is 0 Å². The molecular weight excluding hydrogens is 402 g/mol. The molecular formula is C23H23NO3S2. The van der Waals surface area contributed by atoms with E-state index in [1.165, 1.54) is 22.2 Å². The minimum Gasteiger partial charge on any atom is -0.464 e. The third kappa shape index (κ3) is 4.77. The van der Waals surface area contributed by atoms with E-state index in [1.54, 1.807) is 19.1 Å². The number of thioether (sulfide) groups is 1. The first-order valence-corrected chi connectivity index (χ1v) is 10.7. The van der Waals surface area contributed by atoms with Gasteiger partial charge in [0.2, 0.25) is 0 Å². The number of rotatable bonds is 6. The van der Waals surface area contributed by atoms with E-state index < -0.39 is 12.0 Å². The van der Waals surface area contributed by atoms with E-state index >= 15 is 0 Å². The maximum Gasteiger partial charge on any atom is 0.333 e. The zero-order valence-corrected chi connectivity index (χ0v) is 18.3. The molecule has 6 heteroatoms. The van der Waals surface area contributed by atoms with E-state index in [0.29, 0.717) is 20.7 Å². The standard InChI is InChI=1S/C23H23NO3S2/c1-4-27-22(26)20(18-8-6-5-7-9-18)24-21(25)19(29-23(24)28)14-16-10-12-17(13-11-16)15(2)3/h5-15,20H,4H2,1-3H3/b19-14+. The molecule has 0 aromatic heterocycles. The quantitative estimate of drug-likeness (QED) is 0.356. The van der Waals surface area contributed by atoms with Crippen molar-refractivity contribution in [3.8, 4) is 0 Å². The van der Waals surface area contributed by atoms with Crippen LogP contribution in [0.1, 0.15) is 49.4 Å². The number of carbonyl (C=O) groups is 2. The number of thiocarbonyl (C=S) groups is 1. The molecule has 4 nitrogen and oxygen atoms in total. The van der Waals surface area contributed by atoms with Gasteiger partial charge in [0.05, 0.1) is 11.5 Å². The zero-order valence-electron chi connectivity index (χ0n) is 16.6. The van der Waals surface area contributed by atoms with Gasteiger partial charge in [-0.1, -0.05) is 92.4 Å². The van der Waals surface area contributed by atoms with Crippen molar-refractivity contribution in [1.82, 2.24) is 4.90 Å². The van der Waals surface area contributed by atoms with Crippen LogP contribution in [0.25, 0.3) is 6.08 Å². The highest BCUT2D eigenvalue weighted by molar-refractivity contribution is 8.26. The van der Waals surface area contributed by atoms with E-state index in [9.17, 15) is 9.59 Å². The van der Waals surface area contributed by atoms with Crippen LogP contribution in [0, 0.1) is 0 Å². The molecule has 0 radical (unpaired) electrons. The molecule has 0 bridgehead atoms. The van der Waals surface area contributed by atoms with Crippen LogP contribution in [0.4, 0.5) is 0 Å². The van der Waals surface area contributed by atoms with Crippen molar-refractivity contribution in [1.29, 1.82) is 0 Å². The third-order valence-corrected chi connectivity index (χ3v) is 5.94. The molecule has 1 aliphatic rings. The summed E-state index contributed by atoms with van der Waals surface area (Å²) in [6.45, 7) is 6.25. The Kier molecular flexibility index (Phi) is 6.87. The van der Waals surface area contributed by atoms with E-state index in [1.807, 2.05) is 36.4 Å². The van der Waals surface area contributed by atoms with E-state index in [-0.39, 0.29) is 12.5 Å². The van der Waals surface area contributed by atoms with Gasteiger partial charge in [-0.3, -0.25) is 9.69 Å². The third-order valence-electron chi connectivity index (χ3n) is 4.61. The summed E-state index contributed by atoms with van der Waals surface area (Å²) in [5, 5.41) is 0. The van der Waals surface area contributed by atoms with Crippen LogP contribution in [0.3, 0.4) is 0 Å². The Morgan fingerprint density at radius 2 is 1.76 bits per heavy atom. The lowest BCUT2D eigenvalue weighted by Gasteiger charge is -2.25. The number of benzene rings is 2. The van der Waals surface area contributed by atoms with Gasteiger partial charge in [-0.25, -0.2) is 4.79 Å². The van der Waals surface area contributed by atoms with Gasteiger partial charge >= 0.3 is 5.97 Å². The van der Waals surface area contributed by atoms with Crippen LogP contribution in [0.5, 0.6) is 0 Å². The molecule has 0 N–H and O–H groups in total. The van der Waals surface area contributed by atoms with Crippen molar-refractivity contribution in [2.45, 2.75) is 32.7 Å². The second-order valence-corrected chi connectivity index (χ2v) is 8.61. The summed E-state index contributed by atoms with van der Waals surface area (Å²) >= 11 is 6.67. The Hall–Kier alpha value is -2.44. The van der Waals surface area contributed by atoms with Crippen LogP contribution in [0.15, 0.2) is 59.5 Å². The Morgan fingerprint density at radius 3 is 2.34 bits per heavy atom. The van der Waals surface area contributed by atoms with Crippen molar-refractivity contribution in [2.75, 3.05) is 6.61 Å². The molecule has 3 rings (SSSR count). The summed E-state index contributed by atoms with van der Waals surface area (Å²) in [6.07, 6.45) is 1.82. The number of hydrogen-bond donors (Lipinski definition) is 0. The molecule has 2 aromatic rings. The van der Waals surface area contributed by atoms with Crippen molar-refractivity contribution in [3.63, 3.8) is 0 Å². The predicted molar refractivity (Wildman–Crippen MR) is 121 cm³/mol. The van der Waals surface area contributed by atoms with Gasteiger partial charge in [0, 0.05) is 0 Å². The lowest BCUT2D eigenvalue weighted by Crippen LogP contribution is -2.38. The van der Waals surface area contributed by atoms with Crippen LogP contribution in [-0.2, 0) is 14.3 Å². The van der Waals surface area contributed by atoms with E-state index in [2.05, 4.69) is 26.0 Å². The maximum absolute atomic E-state index is 13.2. The summed E-state index contributed by atoms with van der Waals surface area (Å²) in [4.78, 5) is 27.7. The summed E-state index contributed by atoms with van der Waals surface area (Å²) in [5.74, 6) is -0.328. The molecule has 1 fully saturated rings. The van der Waals surface area contributed by atoms with Crippen LogP contribution < -0.4 is 0 Å². The van der Waals surface area contributed by atoms with Gasteiger partial charge in [-0.05, 0) is 35.6 Å². The summed E-state index contributed by atoms with van der Waals surface area (Å²) in [6, 6.07) is 16.3. The average molecular weight is 426 g/mol. The molecule has 29 heavy (non-hydrogen) atoms. The Balaban J connectivity index is 1.92. The van der Waals surface area contributed by atoms with Crippen molar-refractivity contribution in [2.24, 2.45) is 0 Å². The SMILES string of the molecule is CCOC(=O)C(c1ccccc1)N1C(=O)/C(=C\c2ccc(C(C)C)cc2)SC1=S. The fraction of sp³-hybridized carbons (Fsp3) is 0.261. The summed E-state index contributed by atoms with van der Waals surface area (Å²) < 4.78 is 5.58. The zero-order chi connectivity index (χ0) is 21.0. The minimum absolute atomic E-state index is 0.231. The normalized spacial score (nSPS) is 16.6. The monoisotopic (exact) mass is 425 g/mol. The largest absolute Gasteiger partial charge is 0.464 e. The second-order valence-electron chi connectivity index (χ2n) is 6.94. The van der Waals surface area contributed by atoms with Crippen LogP contribution in [-0.4, -0.2) is 27.7 Å². The Morgan fingerprint density at radius 1 is 1.10 bits per heavy atom. The lowest BCUT2D eigenvalue weighted by molar-refractivity contribution is -0.151. The van der Waals surface area contributed by atoms with Crippen molar-refractivity contribution in [3.05, 3.63) is 76.2 Å². The van der Waals surface area contributed by atoms with E-state index in [0.717, 1.165) is 5.56 Å². The highest BCUT2D eigenvalue weighted by Gasteiger charge is 2.42. The van der Waals surface area contributed by atoms with Crippen molar-refractivity contribution < 1.29 is 14.3 Å². The van der Waals surface area contributed by atoms with Gasteiger partial charge in [0.1, 0.15) is 4.32 Å². The Bertz CT molecular complexity index is 936. The molecule has 1 aliphatic heterocycles. The number of ether oxygens (including phenoxy) is 1. The molecule has 1 amide bonds. The molecule has 0 spiro atoms. The fourth-order valence-electron chi connectivity index (χ4n) is 3.08. The highest BCUT2D eigenvalue weighted by atomic mass is 32.2. The van der Waals surface area contributed by atoms with Gasteiger partial charge < -0.3 is 4.74 Å². The topological polar surface area (TPSA) is 46.6 Å². The predicted octanol–water partition coefficient (Wildman–Crippen LogP) is 5.32. The fourth-order valence-corrected chi connectivity index (χ4v) is 4.39. The maximum atomic E-state index is 13.2. The lowest BCUT2D eigenvalue weighted by atomic mass is 10.0. The molecule has 1 unspecified atom stereocenters. The average Bonchev–Trinajstić information content (AvgIpc) is 2.97. The van der Waals surface area contributed by atoms with Gasteiger partial charge in [-0.15, -0.1) is 0 Å². The van der Waals surface area contributed by atoms with Crippen LogP contribution >= 0.6 is 24.0 Å². The van der Waals surface area contributed by atoms with Crippen molar-refractivity contribution >= 4 is 46.3 Å². The Labute approximate surface area is 180 Å². The molecule has 1 heterocycles. The molecule has 2 aromatic carbocycles. The van der Waals surface area contributed by atoms with Gasteiger partial charge in [0.15, 0.2) is 6.04 Å². The number of amides is 1. The summed E-state index contributed by atoms with van der Waals surface area (Å²) in [7, 11) is 0. The number of carbonyl (C=O) groups excluding carboxylic acids is 2. The first kappa shape index (κ1) is 21.3. The summed E-state index contributed by atoms with van der Waals surface area (Å²) in [5.41, 5.74) is 2.83. The molecule has 150 valence electrons. The molecule has 1 atom stereocenters. The molecule has 0 aliphatic carbocycles. The highest BCUT2D eigenvalue weighted by Crippen LogP contribution is 2.38. The first-order valence-electron chi connectivity index (χ1n) is 9.51.